The van der Waals surface area contributed by atoms with Gasteiger partial charge in [-0.3, -0.25) is 0 Å². The van der Waals surface area contributed by atoms with Crippen molar-refractivity contribution in [2.45, 2.75) is 88.7 Å². The summed E-state index contributed by atoms with van der Waals surface area (Å²) in [5.74, 6) is 0.710. The van der Waals surface area contributed by atoms with Crippen LogP contribution in [-0.2, 0) is 14.7 Å². The minimum atomic E-state index is -0.220. The predicted molar refractivity (Wildman–Crippen MR) is 99.1 cm³/mol. The van der Waals surface area contributed by atoms with Crippen LogP contribution in [0.4, 0.5) is 0 Å². The van der Waals surface area contributed by atoms with Gasteiger partial charge in [-0.15, -0.1) is 0 Å². The summed E-state index contributed by atoms with van der Waals surface area (Å²) in [6.45, 7) is 11.0. The van der Waals surface area contributed by atoms with E-state index in [2.05, 4.69) is 65.0 Å². The van der Waals surface area contributed by atoms with Crippen LogP contribution in [0.25, 0.3) is 0 Å². The van der Waals surface area contributed by atoms with E-state index >= 15 is 0 Å². The van der Waals surface area contributed by atoms with Crippen LogP contribution >= 0.6 is 0 Å². The zero-order valence-electron chi connectivity index (χ0n) is 15.9. The van der Waals surface area contributed by atoms with E-state index in [0.717, 1.165) is 0 Å². The minimum absolute atomic E-state index is 0.0325. The lowest BCUT2D eigenvalue weighted by molar-refractivity contribution is -0.128. The summed E-state index contributed by atoms with van der Waals surface area (Å²) in [6, 6.07) is 11.2. The highest BCUT2D eigenvalue weighted by Gasteiger charge is 2.81. The fourth-order valence-corrected chi connectivity index (χ4v) is 5.46. The Bertz CT molecular complexity index is 600. The first kappa shape index (κ1) is 16.7. The maximum absolute atomic E-state index is 6.48. The number of hydrogen-bond donors (Lipinski definition) is 0. The second kappa shape index (κ2) is 5.11. The van der Waals surface area contributed by atoms with Crippen molar-refractivity contribution in [3.8, 4) is 0 Å². The first-order chi connectivity index (χ1) is 11.3. The molecule has 0 radical (unpaired) electrons. The van der Waals surface area contributed by atoms with Gasteiger partial charge in [0.05, 0.1) is 11.2 Å². The van der Waals surface area contributed by atoms with Crippen LogP contribution < -0.4 is 0 Å². The minimum Gasteiger partial charge on any atom is -0.403 e. The quantitative estimate of drug-likeness (QED) is 0.677. The second-order valence-electron chi connectivity index (χ2n) is 9.39. The highest BCUT2D eigenvalue weighted by atomic mass is 16.7. The topological polar surface area (TPSA) is 18.5 Å². The summed E-state index contributed by atoms with van der Waals surface area (Å²) >= 11 is 0. The normalized spacial score (nSPS) is 38.5. The average Bonchev–Trinajstić information content (AvgIpc) is 2.67. The molecule has 1 aliphatic heterocycles. The van der Waals surface area contributed by atoms with E-state index in [1.54, 1.807) is 0 Å². The van der Waals surface area contributed by atoms with Crippen LogP contribution in [0.15, 0.2) is 30.3 Å². The molecule has 4 aliphatic rings. The molecule has 5 rings (SSSR count). The molecule has 0 spiro atoms. The van der Waals surface area contributed by atoms with Gasteiger partial charge in [-0.05, 0) is 63.9 Å². The lowest BCUT2D eigenvalue weighted by Gasteiger charge is -2.77. The van der Waals surface area contributed by atoms with Crippen LogP contribution in [0.1, 0.15) is 72.3 Å². The molecule has 1 atom stereocenters. The molecule has 0 aromatic heterocycles. The lowest BCUT2D eigenvalue weighted by Crippen LogP contribution is -2.73. The highest BCUT2D eigenvalue weighted by Crippen LogP contribution is 2.85. The van der Waals surface area contributed by atoms with E-state index in [0.29, 0.717) is 11.3 Å². The zero-order valence-corrected chi connectivity index (χ0v) is 15.9. The monoisotopic (exact) mass is 326 g/mol. The van der Waals surface area contributed by atoms with Crippen LogP contribution in [0.3, 0.4) is 0 Å². The van der Waals surface area contributed by atoms with Gasteiger partial charge in [0.15, 0.2) is 0 Å². The molecule has 130 valence electrons. The molecule has 2 nitrogen and oxygen atoms in total. The van der Waals surface area contributed by atoms with Gasteiger partial charge in [-0.25, -0.2) is 0 Å². The van der Waals surface area contributed by atoms with Gasteiger partial charge in [0.25, 0.3) is 0 Å². The van der Waals surface area contributed by atoms with Crippen molar-refractivity contribution in [2.24, 2.45) is 5.92 Å². The molecule has 24 heavy (non-hydrogen) atoms. The first-order valence-corrected chi connectivity index (χ1v) is 9.69. The molecule has 4 fully saturated rings. The number of hydrogen-bond acceptors (Lipinski definition) is 2. The Balaban J connectivity index is 1.60. The maximum atomic E-state index is 6.48. The van der Waals surface area contributed by atoms with E-state index < -0.39 is 0 Å². The van der Waals surface area contributed by atoms with Gasteiger partial charge < -0.3 is 9.31 Å². The maximum Gasteiger partial charge on any atom is 0.464 e. The Kier molecular flexibility index (Phi) is 3.55. The molecule has 1 aromatic rings. The molecular formula is C21H31BO2. The number of rotatable bonds is 5. The van der Waals surface area contributed by atoms with Crippen LogP contribution in [0, 0.1) is 5.92 Å². The van der Waals surface area contributed by atoms with Gasteiger partial charge in [0.1, 0.15) is 0 Å². The molecule has 0 amide bonds. The third kappa shape index (κ3) is 1.98. The van der Waals surface area contributed by atoms with Gasteiger partial charge in [-0.1, -0.05) is 50.1 Å². The molecule has 3 heteroatoms. The first-order valence-electron chi connectivity index (χ1n) is 9.69. The Labute approximate surface area is 147 Å². The zero-order chi connectivity index (χ0) is 17.2. The standard InChI is InChI=1S/C21H31BO2/c1-6-7-13-17-20(16-11-9-8-10-12-16)14-21(17,15-20)22-23-18(2,3)19(4,5)24-22/h8-12,17H,6-7,13-15H2,1-5H3/t17-,20?,21?/m0/s1. The summed E-state index contributed by atoms with van der Waals surface area (Å²) in [7, 11) is -0.0325. The van der Waals surface area contributed by atoms with E-state index in [9.17, 15) is 0 Å². The molecule has 0 N–H and O–H groups in total. The molecule has 1 aromatic carbocycles. The van der Waals surface area contributed by atoms with E-state index in [4.69, 9.17) is 9.31 Å². The van der Waals surface area contributed by atoms with Crippen molar-refractivity contribution in [2.75, 3.05) is 0 Å². The van der Waals surface area contributed by atoms with Crippen molar-refractivity contribution in [1.82, 2.24) is 0 Å². The van der Waals surface area contributed by atoms with Crippen LogP contribution in [-0.4, -0.2) is 18.3 Å². The van der Waals surface area contributed by atoms with Crippen molar-refractivity contribution < 1.29 is 9.31 Å². The van der Waals surface area contributed by atoms with Crippen molar-refractivity contribution >= 4 is 7.12 Å². The van der Waals surface area contributed by atoms with E-state index in [1.807, 2.05) is 0 Å². The Hall–Kier alpha value is -0.795. The second-order valence-corrected chi connectivity index (χ2v) is 9.39. The van der Waals surface area contributed by atoms with Gasteiger partial charge in [-0.2, -0.15) is 0 Å². The summed E-state index contributed by atoms with van der Waals surface area (Å²) in [5, 5.41) is 0.246. The Morgan fingerprint density at radius 1 is 1.00 bits per heavy atom. The molecular weight excluding hydrogens is 295 g/mol. The van der Waals surface area contributed by atoms with Gasteiger partial charge in [0.2, 0.25) is 0 Å². The molecule has 3 saturated carbocycles. The SMILES string of the molecule is CCCC[C@@H]1C2(B3OC(C)(C)C(C)(C)O3)CC1(c1ccccc1)C2. The van der Waals surface area contributed by atoms with Crippen molar-refractivity contribution in [1.29, 1.82) is 0 Å². The fourth-order valence-electron chi connectivity index (χ4n) is 5.46. The lowest BCUT2D eigenvalue weighted by atomic mass is 9.18. The molecule has 1 heterocycles. The van der Waals surface area contributed by atoms with Gasteiger partial charge in [0, 0.05) is 5.31 Å². The highest BCUT2D eigenvalue weighted by molar-refractivity contribution is 6.51. The van der Waals surface area contributed by atoms with Gasteiger partial charge >= 0.3 is 7.12 Å². The summed E-state index contributed by atoms with van der Waals surface area (Å²) in [6.07, 6.45) is 6.33. The van der Waals surface area contributed by atoms with Crippen LogP contribution in [0.2, 0.25) is 5.31 Å². The molecule has 1 saturated heterocycles. The molecule has 0 unspecified atom stereocenters. The average molecular weight is 326 g/mol. The third-order valence-electron chi connectivity index (χ3n) is 7.57. The van der Waals surface area contributed by atoms with Crippen molar-refractivity contribution in [3.63, 3.8) is 0 Å². The Morgan fingerprint density at radius 3 is 2.12 bits per heavy atom. The largest absolute Gasteiger partial charge is 0.464 e. The smallest absolute Gasteiger partial charge is 0.403 e. The third-order valence-corrected chi connectivity index (χ3v) is 7.57. The number of unbranched alkanes of at least 4 members (excludes halogenated alkanes) is 1. The Morgan fingerprint density at radius 2 is 1.58 bits per heavy atom. The fraction of sp³-hybridized carbons (Fsp3) is 0.714. The summed E-state index contributed by atoms with van der Waals surface area (Å²) < 4.78 is 13.0. The predicted octanol–water partition coefficient (Wildman–Crippen LogP) is 5.37. The van der Waals surface area contributed by atoms with Crippen LogP contribution in [0.5, 0.6) is 0 Å². The van der Waals surface area contributed by atoms with E-state index in [-0.39, 0.29) is 23.6 Å². The molecule has 3 aliphatic carbocycles. The van der Waals surface area contributed by atoms with Crippen molar-refractivity contribution in [3.05, 3.63) is 35.9 Å². The van der Waals surface area contributed by atoms with E-state index in [1.165, 1.54) is 37.7 Å². The molecule has 2 bridgehead atoms. The summed E-state index contributed by atoms with van der Waals surface area (Å²) in [4.78, 5) is 0. The summed E-state index contributed by atoms with van der Waals surface area (Å²) in [5.41, 5.74) is 1.48. The number of benzene rings is 1.